The van der Waals surface area contributed by atoms with Crippen molar-refractivity contribution in [2.45, 2.75) is 0 Å². The summed E-state index contributed by atoms with van der Waals surface area (Å²) in [5.74, 6) is -4.63. The van der Waals surface area contributed by atoms with E-state index in [9.17, 15) is 18.0 Å². The van der Waals surface area contributed by atoms with Gasteiger partial charge in [0.05, 0.1) is 12.2 Å². The number of halogens is 4. The molecule has 0 aliphatic carbocycles. The summed E-state index contributed by atoms with van der Waals surface area (Å²) in [6, 6.07) is 8.90. The van der Waals surface area contributed by atoms with Gasteiger partial charge in [-0.05, 0) is 59.0 Å². The van der Waals surface area contributed by atoms with Gasteiger partial charge in [0.2, 0.25) is 5.91 Å². The van der Waals surface area contributed by atoms with Crippen LogP contribution in [0.3, 0.4) is 0 Å². The van der Waals surface area contributed by atoms with Gasteiger partial charge >= 0.3 is 0 Å². The summed E-state index contributed by atoms with van der Waals surface area (Å²) < 4.78 is 40.2. The number of rotatable bonds is 4. The topological polar surface area (TPSA) is 41.1 Å². The summed E-state index contributed by atoms with van der Waals surface area (Å²) in [4.78, 5) is 11.7. The van der Waals surface area contributed by atoms with Gasteiger partial charge in [-0.25, -0.2) is 13.2 Å². The molecule has 1 amide bonds. The third-order valence-electron chi connectivity index (χ3n) is 2.60. The molecule has 0 atom stereocenters. The van der Waals surface area contributed by atoms with Crippen LogP contribution in [0.1, 0.15) is 0 Å². The van der Waals surface area contributed by atoms with Gasteiger partial charge in [-0.1, -0.05) is 0 Å². The number of benzene rings is 2. The van der Waals surface area contributed by atoms with Crippen LogP contribution < -0.4 is 10.6 Å². The van der Waals surface area contributed by atoms with E-state index in [4.69, 9.17) is 0 Å². The summed E-state index contributed by atoms with van der Waals surface area (Å²) in [6.07, 6.45) is 0. The third kappa shape index (κ3) is 4.10. The van der Waals surface area contributed by atoms with Crippen molar-refractivity contribution < 1.29 is 18.0 Å². The molecule has 0 aliphatic rings. The molecule has 2 aromatic carbocycles. The normalized spacial score (nSPS) is 10.3. The maximum absolute atomic E-state index is 13.4. The Bertz CT molecular complexity index is 662. The van der Waals surface area contributed by atoms with Crippen molar-refractivity contribution in [2.75, 3.05) is 17.2 Å². The standard InChI is InChI=1S/C14H10F3IN2O/c15-10-5-6-11(14(17)13(10)16)19-7-12(21)20-9-3-1-8(18)2-4-9/h1-6,19H,7H2,(H,20,21). The van der Waals surface area contributed by atoms with Crippen molar-refractivity contribution in [3.63, 3.8) is 0 Å². The van der Waals surface area contributed by atoms with E-state index >= 15 is 0 Å². The van der Waals surface area contributed by atoms with Crippen LogP contribution in [0.5, 0.6) is 0 Å². The quantitative estimate of drug-likeness (QED) is 0.600. The van der Waals surface area contributed by atoms with Crippen LogP contribution in [0.4, 0.5) is 24.5 Å². The van der Waals surface area contributed by atoms with Crippen molar-refractivity contribution >= 4 is 39.9 Å². The molecular weight excluding hydrogens is 396 g/mol. The molecular formula is C14H10F3IN2O. The molecule has 0 fully saturated rings. The first-order chi connectivity index (χ1) is 9.97. The van der Waals surface area contributed by atoms with Crippen LogP contribution in [0.25, 0.3) is 0 Å². The highest BCUT2D eigenvalue weighted by atomic mass is 127. The largest absolute Gasteiger partial charge is 0.374 e. The predicted molar refractivity (Wildman–Crippen MR) is 82.6 cm³/mol. The molecule has 2 aromatic rings. The second-order valence-electron chi connectivity index (χ2n) is 4.13. The fourth-order valence-electron chi connectivity index (χ4n) is 1.58. The number of amides is 1. The van der Waals surface area contributed by atoms with E-state index in [0.717, 1.165) is 15.7 Å². The summed E-state index contributed by atoms with van der Waals surface area (Å²) >= 11 is 2.13. The Hall–Kier alpha value is -1.77. The van der Waals surface area contributed by atoms with Gasteiger partial charge in [0, 0.05) is 9.26 Å². The van der Waals surface area contributed by atoms with Gasteiger partial charge in [-0.3, -0.25) is 4.79 Å². The number of carbonyl (C=O) groups excluding carboxylic acids is 1. The minimum atomic E-state index is -1.57. The molecule has 0 aromatic heterocycles. The summed E-state index contributed by atoms with van der Waals surface area (Å²) in [5, 5.41) is 5.01. The Balaban J connectivity index is 1.95. The maximum atomic E-state index is 13.4. The lowest BCUT2D eigenvalue weighted by atomic mass is 10.2. The summed E-state index contributed by atoms with van der Waals surface area (Å²) in [7, 11) is 0. The van der Waals surface area contributed by atoms with Crippen molar-refractivity contribution in [1.29, 1.82) is 0 Å². The molecule has 3 nitrogen and oxygen atoms in total. The van der Waals surface area contributed by atoms with Gasteiger partial charge in [0.15, 0.2) is 17.5 Å². The monoisotopic (exact) mass is 406 g/mol. The van der Waals surface area contributed by atoms with Crippen molar-refractivity contribution in [2.24, 2.45) is 0 Å². The van der Waals surface area contributed by atoms with E-state index in [-0.39, 0.29) is 12.2 Å². The average molecular weight is 406 g/mol. The predicted octanol–water partition coefficient (Wildman–Crippen LogP) is 3.76. The van der Waals surface area contributed by atoms with Gasteiger partial charge in [0.1, 0.15) is 0 Å². The van der Waals surface area contributed by atoms with Crippen LogP contribution in [0.15, 0.2) is 36.4 Å². The molecule has 21 heavy (non-hydrogen) atoms. The van der Waals surface area contributed by atoms with Crippen LogP contribution in [-0.4, -0.2) is 12.5 Å². The van der Waals surface area contributed by atoms with E-state index in [1.54, 1.807) is 12.1 Å². The highest BCUT2D eigenvalue weighted by molar-refractivity contribution is 14.1. The molecule has 0 saturated carbocycles. The lowest BCUT2D eigenvalue weighted by Gasteiger charge is -2.09. The summed E-state index contributed by atoms with van der Waals surface area (Å²) in [5.41, 5.74) is 0.319. The van der Waals surface area contributed by atoms with E-state index in [0.29, 0.717) is 5.69 Å². The van der Waals surface area contributed by atoms with Gasteiger partial charge in [-0.2, -0.15) is 0 Å². The Morgan fingerprint density at radius 1 is 1.00 bits per heavy atom. The minimum absolute atomic E-state index is 0.270. The molecule has 0 spiro atoms. The zero-order valence-corrected chi connectivity index (χ0v) is 12.7. The Morgan fingerprint density at radius 3 is 2.33 bits per heavy atom. The molecule has 0 heterocycles. The molecule has 0 bridgehead atoms. The Morgan fingerprint density at radius 2 is 1.67 bits per heavy atom. The molecule has 7 heteroatoms. The minimum Gasteiger partial charge on any atom is -0.374 e. The van der Waals surface area contributed by atoms with Crippen LogP contribution in [0, 0.1) is 21.0 Å². The van der Waals surface area contributed by atoms with E-state index in [1.165, 1.54) is 0 Å². The Kier molecular flexibility index (Phi) is 5.05. The molecule has 110 valence electrons. The SMILES string of the molecule is O=C(CNc1ccc(F)c(F)c1F)Nc1ccc(I)cc1. The van der Waals surface area contributed by atoms with Crippen LogP contribution in [0.2, 0.25) is 0 Å². The first-order valence-electron chi connectivity index (χ1n) is 5.90. The maximum Gasteiger partial charge on any atom is 0.243 e. The van der Waals surface area contributed by atoms with E-state index in [2.05, 4.69) is 33.2 Å². The second kappa shape index (κ2) is 6.79. The highest BCUT2D eigenvalue weighted by Crippen LogP contribution is 2.19. The van der Waals surface area contributed by atoms with Gasteiger partial charge in [0.25, 0.3) is 0 Å². The smallest absolute Gasteiger partial charge is 0.243 e. The zero-order valence-electron chi connectivity index (χ0n) is 10.6. The van der Waals surface area contributed by atoms with E-state index < -0.39 is 23.4 Å². The first kappa shape index (κ1) is 15.6. The van der Waals surface area contributed by atoms with Crippen molar-refractivity contribution in [3.8, 4) is 0 Å². The number of nitrogens with one attached hydrogen (secondary N) is 2. The van der Waals surface area contributed by atoms with Crippen molar-refractivity contribution in [1.82, 2.24) is 0 Å². The average Bonchev–Trinajstić information content (AvgIpc) is 2.46. The molecule has 0 aliphatic heterocycles. The molecule has 0 radical (unpaired) electrons. The summed E-state index contributed by atoms with van der Waals surface area (Å²) in [6.45, 7) is -0.270. The number of carbonyl (C=O) groups is 1. The Labute approximate surface area is 132 Å². The van der Waals surface area contributed by atoms with Crippen molar-refractivity contribution in [3.05, 3.63) is 57.4 Å². The lowest BCUT2D eigenvalue weighted by molar-refractivity contribution is -0.114. The highest BCUT2D eigenvalue weighted by Gasteiger charge is 2.13. The van der Waals surface area contributed by atoms with E-state index in [1.807, 2.05) is 12.1 Å². The number of hydrogen-bond donors (Lipinski definition) is 2. The van der Waals surface area contributed by atoms with Crippen LogP contribution in [-0.2, 0) is 4.79 Å². The molecule has 2 N–H and O–H groups in total. The third-order valence-corrected chi connectivity index (χ3v) is 3.32. The van der Waals surface area contributed by atoms with Gasteiger partial charge < -0.3 is 10.6 Å². The first-order valence-corrected chi connectivity index (χ1v) is 6.98. The molecule has 2 rings (SSSR count). The fourth-order valence-corrected chi connectivity index (χ4v) is 1.94. The molecule has 0 unspecified atom stereocenters. The fraction of sp³-hybridized carbons (Fsp3) is 0.0714. The van der Waals surface area contributed by atoms with Gasteiger partial charge in [-0.15, -0.1) is 0 Å². The lowest BCUT2D eigenvalue weighted by Crippen LogP contribution is -2.22. The number of anilines is 2. The van der Waals surface area contributed by atoms with Crippen LogP contribution >= 0.6 is 22.6 Å². The molecule has 0 saturated heterocycles. The number of hydrogen-bond acceptors (Lipinski definition) is 2. The second-order valence-corrected chi connectivity index (χ2v) is 5.38. The zero-order chi connectivity index (χ0) is 15.4.